The van der Waals surface area contributed by atoms with E-state index in [1.54, 1.807) is 4.68 Å². The van der Waals surface area contributed by atoms with Crippen LogP contribution in [0.1, 0.15) is 56.6 Å². The lowest BCUT2D eigenvalue weighted by molar-refractivity contribution is 0.721. The van der Waals surface area contributed by atoms with Crippen molar-refractivity contribution < 1.29 is 0 Å². The first-order valence-electron chi connectivity index (χ1n) is 6.50. The second kappa shape index (κ2) is 5.29. The normalized spacial score (nSPS) is 11.6. The summed E-state index contributed by atoms with van der Waals surface area (Å²) in [6, 6.07) is 2.01. The number of hydrogen-bond acceptors (Lipinski definition) is 3. The smallest absolute Gasteiger partial charge is 0.161 e. The highest BCUT2D eigenvalue weighted by Gasteiger charge is 2.14. The highest BCUT2D eigenvalue weighted by molar-refractivity contribution is 6.30. The predicted molar refractivity (Wildman–Crippen MR) is 77.1 cm³/mol. The number of nitrogens with zero attached hydrogens (tertiary/aromatic N) is 4. The third-order valence-electron chi connectivity index (χ3n) is 3.01. The Morgan fingerprint density at radius 3 is 2.32 bits per heavy atom. The minimum absolute atomic E-state index is 0.233. The molecule has 2 aromatic rings. The molecule has 0 saturated heterocycles. The number of hydrogen-bond donors (Lipinski definition) is 0. The van der Waals surface area contributed by atoms with Crippen molar-refractivity contribution in [3.63, 3.8) is 0 Å². The first kappa shape index (κ1) is 14.0. The van der Waals surface area contributed by atoms with Gasteiger partial charge in [0.25, 0.3) is 0 Å². The van der Waals surface area contributed by atoms with E-state index in [-0.39, 0.29) is 5.92 Å². The molecule has 0 spiro atoms. The molecular weight excluding hydrogens is 260 g/mol. The Morgan fingerprint density at radius 1 is 1.11 bits per heavy atom. The molecule has 0 N–H and O–H groups in total. The molecule has 0 aliphatic rings. The molecule has 0 aliphatic carbocycles. The van der Waals surface area contributed by atoms with E-state index in [9.17, 15) is 0 Å². The van der Waals surface area contributed by atoms with Crippen LogP contribution in [-0.2, 0) is 0 Å². The van der Waals surface area contributed by atoms with Gasteiger partial charge in [0.2, 0.25) is 0 Å². The average Bonchev–Trinajstić information content (AvgIpc) is 2.81. The van der Waals surface area contributed by atoms with Gasteiger partial charge in [-0.2, -0.15) is 5.10 Å². The zero-order valence-corrected chi connectivity index (χ0v) is 12.7. The molecule has 2 aromatic heterocycles. The summed E-state index contributed by atoms with van der Waals surface area (Å²) in [5.74, 6) is 2.13. The molecule has 0 fully saturated rings. The lowest BCUT2D eigenvalue weighted by Gasteiger charge is -2.11. The molecular formula is C14H19ClN4. The minimum atomic E-state index is 0.233. The Morgan fingerprint density at radius 2 is 1.79 bits per heavy atom. The number of rotatable bonds is 3. The summed E-state index contributed by atoms with van der Waals surface area (Å²) in [5.41, 5.74) is 1.89. The van der Waals surface area contributed by atoms with Crippen LogP contribution >= 0.6 is 11.6 Å². The fourth-order valence-corrected chi connectivity index (χ4v) is 1.91. The van der Waals surface area contributed by atoms with Gasteiger partial charge in [-0.3, -0.25) is 0 Å². The highest BCUT2D eigenvalue weighted by Crippen LogP contribution is 2.22. The van der Waals surface area contributed by atoms with Gasteiger partial charge in [-0.25, -0.2) is 14.6 Å². The van der Waals surface area contributed by atoms with E-state index in [1.165, 1.54) is 0 Å². The molecule has 102 valence electrons. The van der Waals surface area contributed by atoms with Crippen molar-refractivity contribution >= 4 is 11.6 Å². The molecule has 4 nitrogen and oxygen atoms in total. The van der Waals surface area contributed by atoms with Crippen LogP contribution in [0.2, 0.25) is 5.15 Å². The van der Waals surface area contributed by atoms with Crippen LogP contribution in [0.4, 0.5) is 0 Å². The van der Waals surface area contributed by atoms with Crippen molar-refractivity contribution in [3.8, 4) is 5.82 Å². The average molecular weight is 279 g/mol. The van der Waals surface area contributed by atoms with Crippen LogP contribution < -0.4 is 0 Å². The van der Waals surface area contributed by atoms with Crippen molar-refractivity contribution in [3.05, 3.63) is 34.5 Å². The fourth-order valence-electron chi connectivity index (χ4n) is 1.74. The van der Waals surface area contributed by atoms with Crippen LogP contribution in [0.25, 0.3) is 5.82 Å². The molecule has 0 aromatic carbocycles. The molecule has 0 bridgehead atoms. The van der Waals surface area contributed by atoms with Gasteiger partial charge < -0.3 is 0 Å². The Bertz CT molecular complexity index is 587. The molecule has 0 radical (unpaired) electrons. The second-order valence-electron chi connectivity index (χ2n) is 5.32. The van der Waals surface area contributed by atoms with Gasteiger partial charge in [0.1, 0.15) is 11.0 Å². The molecule has 0 aliphatic heterocycles. The Kier molecular flexibility index (Phi) is 3.90. The van der Waals surface area contributed by atoms with Crippen LogP contribution in [0.3, 0.4) is 0 Å². The summed E-state index contributed by atoms with van der Waals surface area (Å²) >= 11 is 6.19. The van der Waals surface area contributed by atoms with Gasteiger partial charge in [-0.05, 0) is 18.9 Å². The Hall–Kier alpha value is -1.42. The molecule has 0 amide bonds. The SMILES string of the molecule is Cc1c(Cl)nc(C(C)C)nc1-n1ccc(C(C)C)n1. The third kappa shape index (κ3) is 2.78. The van der Waals surface area contributed by atoms with E-state index in [4.69, 9.17) is 11.6 Å². The Labute approximate surface area is 118 Å². The van der Waals surface area contributed by atoms with Gasteiger partial charge >= 0.3 is 0 Å². The Balaban J connectivity index is 2.53. The largest absolute Gasteiger partial charge is 0.222 e. The van der Waals surface area contributed by atoms with E-state index in [2.05, 4.69) is 28.9 Å². The minimum Gasteiger partial charge on any atom is -0.222 e. The maximum atomic E-state index is 6.19. The van der Waals surface area contributed by atoms with Gasteiger partial charge in [0.05, 0.1) is 5.69 Å². The van der Waals surface area contributed by atoms with Gasteiger partial charge in [0, 0.05) is 17.7 Å². The molecule has 19 heavy (non-hydrogen) atoms. The summed E-state index contributed by atoms with van der Waals surface area (Å²) in [7, 11) is 0. The number of halogens is 1. The van der Waals surface area contributed by atoms with E-state index in [0.29, 0.717) is 11.1 Å². The molecule has 0 saturated carbocycles. The van der Waals surface area contributed by atoms with Crippen molar-refractivity contribution in [1.29, 1.82) is 0 Å². The van der Waals surface area contributed by atoms with Gasteiger partial charge in [-0.1, -0.05) is 39.3 Å². The summed E-state index contributed by atoms with van der Waals surface area (Å²) in [6.45, 7) is 10.2. The number of aromatic nitrogens is 4. The fraction of sp³-hybridized carbons (Fsp3) is 0.500. The zero-order valence-electron chi connectivity index (χ0n) is 12.0. The van der Waals surface area contributed by atoms with Crippen molar-refractivity contribution in [2.24, 2.45) is 0 Å². The maximum Gasteiger partial charge on any atom is 0.161 e. The van der Waals surface area contributed by atoms with E-state index in [1.807, 2.05) is 33.0 Å². The predicted octanol–water partition coefficient (Wildman–Crippen LogP) is 3.87. The van der Waals surface area contributed by atoms with E-state index in [0.717, 1.165) is 22.9 Å². The van der Waals surface area contributed by atoms with Crippen molar-refractivity contribution in [2.45, 2.75) is 46.5 Å². The topological polar surface area (TPSA) is 43.6 Å². The quantitative estimate of drug-likeness (QED) is 0.801. The summed E-state index contributed by atoms with van der Waals surface area (Å²) in [4.78, 5) is 8.89. The van der Waals surface area contributed by atoms with E-state index < -0.39 is 0 Å². The van der Waals surface area contributed by atoms with Gasteiger partial charge in [-0.15, -0.1) is 0 Å². The molecule has 5 heteroatoms. The molecule has 2 heterocycles. The first-order chi connectivity index (χ1) is 8.90. The lowest BCUT2D eigenvalue weighted by Crippen LogP contribution is -2.08. The molecule has 0 unspecified atom stereocenters. The maximum absolute atomic E-state index is 6.19. The summed E-state index contributed by atoms with van der Waals surface area (Å²) < 4.78 is 1.78. The van der Waals surface area contributed by atoms with Crippen LogP contribution in [0.15, 0.2) is 12.3 Å². The summed E-state index contributed by atoms with van der Waals surface area (Å²) in [5, 5.41) is 5.05. The van der Waals surface area contributed by atoms with E-state index >= 15 is 0 Å². The first-order valence-corrected chi connectivity index (χ1v) is 6.88. The van der Waals surface area contributed by atoms with Crippen molar-refractivity contribution in [2.75, 3.05) is 0 Å². The van der Waals surface area contributed by atoms with Gasteiger partial charge in [0.15, 0.2) is 5.82 Å². The third-order valence-corrected chi connectivity index (χ3v) is 3.38. The standard InChI is InChI=1S/C14H19ClN4/c1-8(2)11-6-7-19(18-11)14-10(5)12(15)16-13(17-14)9(3)4/h6-9H,1-5H3. The monoisotopic (exact) mass is 278 g/mol. The van der Waals surface area contributed by atoms with Crippen LogP contribution in [0.5, 0.6) is 0 Å². The highest BCUT2D eigenvalue weighted by atomic mass is 35.5. The molecule has 2 rings (SSSR count). The zero-order chi connectivity index (χ0) is 14.2. The second-order valence-corrected chi connectivity index (χ2v) is 5.67. The van der Waals surface area contributed by atoms with Crippen molar-refractivity contribution in [1.82, 2.24) is 19.7 Å². The summed E-state index contributed by atoms with van der Waals surface area (Å²) in [6.07, 6.45) is 1.92. The lowest BCUT2D eigenvalue weighted by atomic mass is 10.1. The van der Waals surface area contributed by atoms with Crippen LogP contribution in [-0.4, -0.2) is 19.7 Å². The van der Waals surface area contributed by atoms with Crippen LogP contribution in [0, 0.1) is 6.92 Å². The molecule has 0 atom stereocenters.